The molecule has 0 aromatic carbocycles. The fourth-order valence-corrected chi connectivity index (χ4v) is 3.41. The van der Waals surface area contributed by atoms with Crippen LogP contribution in [0.1, 0.15) is 5.82 Å². The molecule has 1 N–H and O–H groups in total. The Morgan fingerprint density at radius 2 is 2.10 bits per heavy atom. The zero-order valence-electron chi connectivity index (χ0n) is 11.1. The van der Waals surface area contributed by atoms with Crippen molar-refractivity contribution in [2.24, 2.45) is 0 Å². The molecule has 2 aromatic rings. The molecular weight excluding hydrogens is 276 g/mol. The molecule has 2 aliphatic rings. The summed E-state index contributed by atoms with van der Waals surface area (Å²) in [6, 6.07) is 0. The van der Waals surface area contributed by atoms with Gasteiger partial charge in [-0.1, -0.05) is 0 Å². The van der Waals surface area contributed by atoms with Gasteiger partial charge in [0.05, 0.1) is 19.8 Å². The van der Waals surface area contributed by atoms with Crippen LogP contribution in [-0.4, -0.2) is 52.6 Å². The zero-order valence-corrected chi connectivity index (χ0v) is 11.9. The standard InChI is InChI=1S/C12H16N6OS/c1-2-18-10(7-13-1)15-16-11(18)9-8-20-12(14-9)17-3-5-19-6-4-17/h8,13H,1-7H2. The van der Waals surface area contributed by atoms with Gasteiger partial charge in [0, 0.05) is 31.6 Å². The van der Waals surface area contributed by atoms with Gasteiger partial charge in [-0.25, -0.2) is 4.98 Å². The maximum Gasteiger partial charge on any atom is 0.186 e. The number of nitrogens with one attached hydrogen (secondary N) is 1. The van der Waals surface area contributed by atoms with Gasteiger partial charge in [0.1, 0.15) is 11.5 Å². The number of hydrogen-bond acceptors (Lipinski definition) is 7. The lowest BCUT2D eigenvalue weighted by Gasteiger charge is -2.26. The lowest BCUT2D eigenvalue weighted by atomic mass is 10.4. The van der Waals surface area contributed by atoms with Gasteiger partial charge in [0.2, 0.25) is 0 Å². The first-order chi connectivity index (χ1) is 9.92. The van der Waals surface area contributed by atoms with E-state index in [9.17, 15) is 0 Å². The Kier molecular flexibility index (Phi) is 3.13. The second-order valence-electron chi connectivity index (χ2n) is 4.88. The fourth-order valence-electron chi connectivity index (χ4n) is 2.55. The normalized spacial score (nSPS) is 19.1. The van der Waals surface area contributed by atoms with Crippen molar-refractivity contribution >= 4 is 16.5 Å². The van der Waals surface area contributed by atoms with Gasteiger partial charge >= 0.3 is 0 Å². The minimum atomic E-state index is 0.779. The number of rotatable bonds is 2. The number of hydrogen-bond donors (Lipinski definition) is 1. The van der Waals surface area contributed by atoms with E-state index in [1.807, 2.05) is 0 Å². The van der Waals surface area contributed by atoms with Crippen molar-refractivity contribution in [2.75, 3.05) is 37.7 Å². The summed E-state index contributed by atoms with van der Waals surface area (Å²) in [7, 11) is 0. The van der Waals surface area contributed by atoms with E-state index in [-0.39, 0.29) is 0 Å². The van der Waals surface area contributed by atoms with E-state index in [1.165, 1.54) is 0 Å². The molecule has 0 bridgehead atoms. The summed E-state index contributed by atoms with van der Waals surface area (Å²) in [5.74, 6) is 1.88. The Morgan fingerprint density at radius 3 is 3.00 bits per heavy atom. The zero-order chi connectivity index (χ0) is 13.4. The Labute approximate surface area is 120 Å². The largest absolute Gasteiger partial charge is 0.378 e. The fraction of sp³-hybridized carbons (Fsp3) is 0.583. The van der Waals surface area contributed by atoms with Crippen LogP contribution >= 0.6 is 11.3 Å². The highest BCUT2D eigenvalue weighted by Crippen LogP contribution is 2.27. The predicted octanol–water partition coefficient (Wildman–Crippen LogP) is 0.341. The van der Waals surface area contributed by atoms with Gasteiger partial charge < -0.3 is 19.5 Å². The number of aromatic nitrogens is 4. The molecule has 2 aromatic heterocycles. The molecule has 0 atom stereocenters. The minimum Gasteiger partial charge on any atom is -0.378 e. The van der Waals surface area contributed by atoms with Crippen LogP contribution in [0.3, 0.4) is 0 Å². The molecule has 0 amide bonds. The number of nitrogens with zero attached hydrogens (tertiary/aromatic N) is 5. The van der Waals surface area contributed by atoms with Crippen LogP contribution in [0.2, 0.25) is 0 Å². The number of anilines is 1. The molecule has 1 saturated heterocycles. The molecule has 1 fully saturated rings. The Bertz CT molecular complexity index is 603. The quantitative estimate of drug-likeness (QED) is 0.861. The SMILES string of the molecule is c1sc(N2CCOCC2)nc1-c1nnc2n1CCNC2. The molecule has 7 nitrogen and oxygen atoms in total. The summed E-state index contributed by atoms with van der Waals surface area (Å²) in [4.78, 5) is 7.00. The summed E-state index contributed by atoms with van der Waals surface area (Å²) in [6.45, 7) is 6.03. The number of fused-ring (bicyclic) bond motifs is 1. The van der Waals surface area contributed by atoms with Crippen LogP contribution in [0, 0.1) is 0 Å². The molecule has 2 aliphatic heterocycles. The number of morpholine rings is 1. The first-order valence-electron chi connectivity index (χ1n) is 6.83. The van der Waals surface area contributed by atoms with E-state index in [0.717, 1.165) is 68.4 Å². The van der Waals surface area contributed by atoms with E-state index in [4.69, 9.17) is 9.72 Å². The van der Waals surface area contributed by atoms with Crippen molar-refractivity contribution in [3.8, 4) is 11.5 Å². The van der Waals surface area contributed by atoms with Crippen LogP contribution < -0.4 is 10.2 Å². The van der Waals surface area contributed by atoms with Gasteiger partial charge in [-0.2, -0.15) is 0 Å². The lowest BCUT2D eigenvalue weighted by molar-refractivity contribution is 0.122. The van der Waals surface area contributed by atoms with Crippen molar-refractivity contribution in [1.29, 1.82) is 0 Å². The first-order valence-corrected chi connectivity index (χ1v) is 7.71. The average molecular weight is 292 g/mol. The maximum absolute atomic E-state index is 5.38. The van der Waals surface area contributed by atoms with Gasteiger partial charge in [-0.3, -0.25) is 0 Å². The Balaban J connectivity index is 1.63. The van der Waals surface area contributed by atoms with E-state index < -0.39 is 0 Å². The van der Waals surface area contributed by atoms with Crippen molar-refractivity contribution < 1.29 is 4.74 Å². The van der Waals surface area contributed by atoms with Crippen molar-refractivity contribution in [2.45, 2.75) is 13.1 Å². The van der Waals surface area contributed by atoms with E-state index in [2.05, 4.69) is 30.4 Å². The summed E-state index contributed by atoms with van der Waals surface area (Å²) in [5.41, 5.74) is 0.928. The monoisotopic (exact) mass is 292 g/mol. The predicted molar refractivity (Wildman–Crippen MR) is 75.9 cm³/mol. The van der Waals surface area contributed by atoms with Crippen molar-refractivity contribution in [3.63, 3.8) is 0 Å². The molecule has 0 saturated carbocycles. The van der Waals surface area contributed by atoms with Crippen LogP contribution in [-0.2, 0) is 17.8 Å². The van der Waals surface area contributed by atoms with Crippen LogP contribution in [0.5, 0.6) is 0 Å². The summed E-state index contributed by atoms with van der Waals surface area (Å²) < 4.78 is 7.54. The van der Waals surface area contributed by atoms with Crippen molar-refractivity contribution in [1.82, 2.24) is 25.1 Å². The third kappa shape index (κ3) is 2.09. The van der Waals surface area contributed by atoms with Crippen LogP contribution in [0.4, 0.5) is 5.13 Å². The van der Waals surface area contributed by atoms with Crippen LogP contribution in [0.25, 0.3) is 11.5 Å². The molecule has 0 radical (unpaired) electrons. The average Bonchev–Trinajstić information content (AvgIpc) is 3.14. The summed E-state index contributed by atoms with van der Waals surface area (Å²) >= 11 is 1.67. The van der Waals surface area contributed by atoms with Gasteiger partial charge in [-0.15, -0.1) is 21.5 Å². The highest BCUT2D eigenvalue weighted by Gasteiger charge is 2.20. The molecule has 4 rings (SSSR count). The third-order valence-electron chi connectivity index (χ3n) is 3.63. The molecule has 0 spiro atoms. The minimum absolute atomic E-state index is 0.779. The first kappa shape index (κ1) is 12.2. The Hall–Kier alpha value is -1.51. The van der Waals surface area contributed by atoms with Gasteiger partial charge in [0.25, 0.3) is 0 Å². The van der Waals surface area contributed by atoms with E-state index >= 15 is 0 Å². The number of ether oxygens (including phenoxy) is 1. The topological polar surface area (TPSA) is 68.1 Å². The smallest absolute Gasteiger partial charge is 0.186 e. The number of thiazole rings is 1. The van der Waals surface area contributed by atoms with Crippen LogP contribution in [0.15, 0.2) is 5.38 Å². The summed E-state index contributed by atoms with van der Waals surface area (Å²) in [5, 5.41) is 15.0. The highest BCUT2D eigenvalue weighted by molar-refractivity contribution is 7.14. The lowest BCUT2D eigenvalue weighted by Crippen LogP contribution is -2.36. The third-order valence-corrected chi connectivity index (χ3v) is 4.53. The molecular formula is C12H16N6OS. The second kappa shape index (κ2) is 5.12. The van der Waals surface area contributed by atoms with Gasteiger partial charge in [-0.05, 0) is 0 Å². The van der Waals surface area contributed by atoms with E-state index in [0.29, 0.717) is 0 Å². The molecule has 0 aliphatic carbocycles. The Morgan fingerprint density at radius 1 is 1.20 bits per heavy atom. The van der Waals surface area contributed by atoms with Gasteiger partial charge in [0.15, 0.2) is 11.0 Å². The van der Waals surface area contributed by atoms with Crippen molar-refractivity contribution in [3.05, 3.63) is 11.2 Å². The second-order valence-corrected chi connectivity index (χ2v) is 5.72. The molecule has 8 heteroatoms. The molecule has 0 unspecified atom stereocenters. The van der Waals surface area contributed by atoms with E-state index in [1.54, 1.807) is 11.3 Å². The molecule has 4 heterocycles. The summed E-state index contributed by atoms with van der Waals surface area (Å²) in [6.07, 6.45) is 0. The molecule has 106 valence electrons. The molecule has 20 heavy (non-hydrogen) atoms. The maximum atomic E-state index is 5.38. The highest BCUT2D eigenvalue weighted by atomic mass is 32.1.